The average molecular weight is 391 g/mol. The van der Waals surface area contributed by atoms with Crippen LogP contribution in [0.15, 0.2) is 45.8 Å². The first-order valence-corrected chi connectivity index (χ1v) is 9.88. The summed E-state index contributed by atoms with van der Waals surface area (Å²) < 4.78 is 33.9. The first kappa shape index (κ1) is 18.5. The Hall–Kier alpha value is -2.31. The molecule has 1 heterocycles. The van der Waals surface area contributed by atoms with Crippen molar-refractivity contribution in [3.8, 4) is 11.3 Å². The molecule has 0 aliphatic rings. The third kappa shape index (κ3) is 3.34. The van der Waals surface area contributed by atoms with Gasteiger partial charge in [-0.25, -0.2) is 8.42 Å². The van der Waals surface area contributed by atoms with Crippen LogP contribution in [0, 0.1) is 27.7 Å². The predicted molar refractivity (Wildman–Crippen MR) is 103 cm³/mol. The highest BCUT2D eigenvalue weighted by Crippen LogP contribution is 2.31. The molecule has 0 saturated carbocycles. The van der Waals surface area contributed by atoms with Crippen molar-refractivity contribution in [2.24, 2.45) is 0 Å². The Bertz CT molecular complexity index is 1090. The molecular formula is C19H19ClN2O3S. The normalized spacial score (nSPS) is 11.6. The number of nitrogens with one attached hydrogen (secondary N) is 1. The van der Waals surface area contributed by atoms with Gasteiger partial charge in [0.15, 0.2) is 5.76 Å². The molecule has 0 aliphatic heterocycles. The lowest BCUT2D eigenvalue weighted by Gasteiger charge is -2.14. The minimum absolute atomic E-state index is 0.183. The second kappa shape index (κ2) is 6.78. The van der Waals surface area contributed by atoms with Gasteiger partial charge in [-0.3, -0.25) is 4.72 Å². The molecule has 1 aromatic heterocycles. The number of anilines is 1. The van der Waals surface area contributed by atoms with E-state index in [-0.39, 0.29) is 4.90 Å². The lowest BCUT2D eigenvalue weighted by molar-refractivity contribution is 0.427. The summed E-state index contributed by atoms with van der Waals surface area (Å²) in [5.41, 5.74) is 4.09. The van der Waals surface area contributed by atoms with E-state index in [2.05, 4.69) is 9.88 Å². The molecule has 1 N–H and O–H groups in total. The van der Waals surface area contributed by atoms with E-state index in [4.69, 9.17) is 16.1 Å². The standard InChI is InChI=1S/C19H19ClN2O3S/c1-11-8-9-15(19-12(2)14(4)21-25-19)10-18(11)26(23,24)22-17-7-5-6-16(20)13(17)3/h5-10,22H,1-4H3. The number of aryl methyl sites for hydroxylation is 2. The highest BCUT2D eigenvalue weighted by Gasteiger charge is 2.21. The van der Waals surface area contributed by atoms with Gasteiger partial charge in [-0.05, 0) is 57.0 Å². The molecule has 0 radical (unpaired) electrons. The van der Waals surface area contributed by atoms with E-state index < -0.39 is 10.0 Å². The molecule has 0 amide bonds. The van der Waals surface area contributed by atoms with Crippen LogP contribution >= 0.6 is 11.6 Å². The number of aromatic nitrogens is 1. The molecule has 3 aromatic rings. The van der Waals surface area contributed by atoms with Gasteiger partial charge in [-0.1, -0.05) is 35.0 Å². The fourth-order valence-corrected chi connectivity index (χ4v) is 4.20. The predicted octanol–water partition coefficient (Wildman–Crippen LogP) is 5.03. The number of hydrogen-bond donors (Lipinski definition) is 1. The maximum atomic E-state index is 13.0. The highest BCUT2D eigenvalue weighted by atomic mass is 35.5. The van der Waals surface area contributed by atoms with Crippen LogP contribution in [0.4, 0.5) is 5.69 Å². The first-order chi connectivity index (χ1) is 12.2. The molecule has 0 unspecified atom stereocenters. The molecule has 5 nitrogen and oxygen atoms in total. The van der Waals surface area contributed by atoms with Crippen LogP contribution in [0.2, 0.25) is 5.02 Å². The van der Waals surface area contributed by atoms with Gasteiger partial charge in [-0.2, -0.15) is 0 Å². The Labute approximate surface area is 158 Å². The largest absolute Gasteiger partial charge is 0.356 e. The van der Waals surface area contributed by atoms with Gasteiger partial charge < -0.3 is 4.52 Å². The zero-order valence-electron chi connectivity index (χ0n) is 14.9. The molecule has 0 bridgehead atoms. The molecule has 0 aliphatic carbocycles. The molecule has 0 atom stereocenters. The molecule has 3 rings (SSSR count). The summed E-state index contributed by atoms with van der Waals surface area (Å²) in [6, 6.07) is 10.3. The van der Waals surface area contributed by atoms with Crippen molar-refractivity contribution in [2.75, 3.05) is 4.72 Å². The first-order valence-electron chi connectivity index (χ1n) is 8.02. The third-order valence-corrected chi connectivity index (χ3v) is 6.33. The van der Waals surface area contributed by atoms with Crippen molar-refractivity contribution in [3.63, 3.8) is 0 Å². The molecule has 136 valence electrons. The molecule has 0 fully saturated rings. The number of nitrogens with zero attached hydrogens (tertiary/aromatic N) is 1. The van der Waals surface area contributed by atoms with E-state index >= 15 is 0 Å². The summed E-state index contributed by atoms with van der Waals surface area (Å²) in [6.45, 7) is 7.26. The van der Waals surface area contributed by atoms with Crippen LogP contribution < -0.4 is 4.72 Å². The van der Waals surface area contributed by atoms with Crippen molar-refractivity contribution >= 4 is 27.3 Å². The fourth-order valence-electron chi connectivity index (χ4n) is 2.63. The number of rotatable bonds is 4. The quantitative estimate of drug-likeness (QED) is 0.678. The van der Waals surface area contributed by atoms with E-state index in [0.29, 0.717) is 33.2 Å². The van der Waals surface area contributed by atoms with Crippen molar-refractivity contribution in [2.45, 2.75) is 32.6 Å². The highest BCUT2D eigenvalue weighted by molar-refractivity contribution is 7.92. The number of halogens is 1. The summed E-state index contributed by atoms with van der Waals surface area (Å²) in [4.78, 5) is 0.183. The second-order valence-corrected chi connectivity index (χ2v) is 8.28. The fraction of sp³-hybridized carbons (Fsp3) is 0.211. The smallest absolute Gasteiger partial charge is 0.262 e. The van der Waals surface area contributed by atoms with Crippen LogP contribution in [0.25, 0.3) is 11.3 Å². The zero-order chi connectivity index (χ0) is 19.1. The van der Waals surface area contributed by atoms with Crippen molar-refractivity contribution in [1.29, 1.82) is 0 Å². The SMILES string of the molecule is Cc1ccc(-c2onc(C)c2C)cc1S(=O)(=O)Nc1cccc(Cl)c1C. The molecule has 7 heteroatoms. The minimum atomic E-state index is -3.79. The lowest BCUT2D eigenvalue weighted by Crippen LogP contribution is -2.15. The van der Waals surface area contributed by atoms with Crippen LogP contribution in [0.1, 0.15) is 22.4 Å². The maximum Gasteiger partial charge on any atom is 0.262 e. The maximum absolute atomic E-state index is 13.0. The topological polar surface area (TPSA) is 72.2 Å². The van der Waals surface area contributed by atoms with Gasteiger partial charge in [0.2, 0.25) is 0 Å². The van der Waals surface area contributed by atoms with Crippen molar-refractivity contribution in [1.82, 2.24) is 5.16 Å². The Morgan fingerprint density at radius 1 is 1.04 bits per heavy atom. The molecule has 26 heavy (non-hydrogen) atoms. The number of hydrogen-bond acceptors (Lipinski definition) is 4. The monoisotopic (exact) mass is 390 g/mol. The number of benzene rings is 2. The van der Waals surface area contributed by atoms with Crippen molar-refractivity contribution in [3.05, 3.63) is 63.8 Å². The Balaban J connectivity index is 2.06. The van der Waals surface area contributed by atoms with E-state index in [0.717, 1.165) is 11.3 Å². The molecular weight excluding hydrogens is 372 g/mol. The summed E-state index contributed by atoms with van der Waals surface area (Å²) in [6.07, 6.45) is 0. The van der Waals surface area contributed by atoms with Crippen LogP contribution in [-0.2, 0) is 10.0 Å². The Morgan fingerprint density at radius 2 is 1.77 bits per heavy atom. The van der Waals surface area contributed by atoms with Gasteiger partial charge in [0.1, 0.15) is 0 Å². The van der Waals surface area contributed by atoms with E-state index in [9.17, 15) is 8.42 Å². The zero-order valence-corrected chi connectivity index (χ0v) is 16.5. The molecule has 0 spiro atoms. The van der Waals surface area contributed by atoms with Gasteiger partial charge >= 0.3 is 0 Å². The summed E-state index contributed by atoms with van der Waals surface area (Å²) in [5, 5.41) is 4.44. The van der Waals surface area contributed by atoms with Gasteiger partial charge in [0.25, 0.3) is 10.0 Å². The third-order valence-electron chi connectivity index (χ3n) is 4.41. The minimum Gasteiger partial charge on any atom is -0.356 e. The molecule has 2 aromatic carbocycles. The summed E-state index contributed by atoms with van der Waals surface area (Å²) in [7, 11) is -3.79. The average Bonchev–Trinajstić information content (AvgIpc) is 2.91. The van der Waals surface area contributed by atoms with Crippen molar-refractivity contribution < 1.29 is 12.9 Å². The lowest BCUT2D eigenvalue weighted by atomic mass is 10.1. The van der Waals surface area contributed by atoms with Crippen LogP contribution in [0.3, 0.4) is 0 Å². The Kier molecular flexibility index (Phi) is 4.82. The van der Waals surface area contributed by atoms with Gasteiger partial charge in [-0.15, -0.1) is 0 Å². The summed E-state index contributed by atoms with van der Waals surface area (Å²) in [5.74, 6) is 0.567. The van der Waals surface area contributed by atoms with Crippen LogP contribution in [0.5, 0.6) is 0 Å². The number of sulfonamides is 1. The van der Waals surface area contributed by atoms with E-state index in [1.807, 2.05) is 19.9 Å². The summed E-state index contributed by atoms with van der Waals surface area (Å²) >= 11 is 6.09. The van der Waals surface area contributed by atoms with Gasteiger partial charge in [0, 0.05) is 16.1 Å². The molecule has 0 saturated heterocycles. The van der Waals surface area contributed by atoms with E-state index in [1.54, 1.807) is 44.2 Å². The second-order valence-electron chi connectivity index (χ2n) is 6.22. The Morgan fingerprint density at radius 3 is 2.42 bits per heavy atom. The van der Waals surface area contributed by atoms with E-state index in [1.165, 1.54) is 0 Å². The van der Waals surface area contributed by atoms with Crippen LogP contribution in [-0.4, -0.2) is 13.6 Å². The van der Waals surface area contributed by atoms with Gasteiger partial charge in [0.05, 0.1) is 16.3 Å².